The van der Waals surface area contributed by atoms with Crippen LogP contribution in [0.5, 0.6) is 0 Å². The van der Waals surface area contributed by atoms with Crippen LogP contribution in [0.3, 0.4) is 0 Å². The second-order valence-electron chi connectivity index (χ2n) is 6.01. The molecule has 20 heavy (non-hydrogen) atoms. The maximum atomic E-state index is 6.17. The van der Waals surface area contributed by atoms with Gasteiger partial charge in [-0.2, -0.15) is 11.8 Å². The van der Waals surface area contributed by atoms with Crippen molar-refractivity contribution in [1.29, 1.82) is 0 Å². The number of thioether (sulfide) groups is 1. The molecule has 0 radical (unpaired) electrons. The van der Waals surface area contributed by atoms with Crippen molar-refractivity contribution in [1.82, 2.24) is 5.43 Å². The molecule has 0 aliphatic carbocycles. The fourth-order valence-corrected chi connectivity index (χ4v) is 4.74. The second-order valence-corrected chi connectivity index (χ2v) is 7.23. The van der Waals surface area contributed by atoms with Crippen molar-refractivity contribution < 1.29 is 9.47 Å². The van der Waals surface area contributed by atoms with Crippen molar-refractivity contribution >= 4 is 11.8 Å². The maximum Gasteiger partial charge on any atom is 0.0701 e. The van der Waals surface area contributed by atoms with Crippen molar-refractivity contribution in [2.75, 3.05) is 31.3 Å². The second kappa shape index (κ2) is 8.59. The number of hydrogen-bond acceptors (Lipinski definition) is 5. The number of rotatable bonds is 7. The van der Waals surface area contributed by atoms with Crippen molar-refractivity contribution in [2.45, 2.75) is 57.1 Å². The Morgan fingerprint density at radius 2 is 2.25 bits per heavy atom. The average Bonchev–Trinajstić information content (AvgIpc) is 2.48. The van der Waals surface area contributed by atoms with E-state index in [1.54, 1.807) is 0 Å². The zero-order valence-corrected chi connectivity index (χ0v) is 13.6. The number of ether oxygens (including phenoxy) is 2. The Labute approximate surface area is 127 Å². The minimum absolute atomic E-state index is 0.156. The standard InChI is InChI=1S/C15H30N2O2S/c1-2-18-8-3-4-14(17-16)13-5-9-19-15(12-13)6-10-20-11-7-15/h13-14,17H,2-12,16H2,1H3. The van der Waals surface area contributed by atoms with Gasteiger partial charge in [-0.05, 0) is 62.9 Å². The number of hydrazine groups is 1. The molecule has 4 nitrogen and oxygen atoms in total. The van der Waals surface area contributed by atoms with E-state index in [-0.39, 0.29) is 5.60 Å². The van der Waals surface area contributed by atoms with Crippen LogP contribution >= 0.6 is 11.8 Å². The van der Waals surface area contributed by atoms with Gasteiger partial charge < -0.3 is 9.47 Å². The Bertz CT molecular complexity index is 267. The first-order valence-electron chi connectivity index (χ1n) is 8.05. The van der Waals surface area contributed by atoms with Crippen LogP contribution in [0.25, 0.3) is 0 Å². The number of hydrogen-bond donors (Lipinski definition) is 2. The highest BCUT2D eigenvalue weighted by Gasteiger charge is 2.40. The summed E-state index contributed by atoms with van der Waals surface area (Å²) < 4.78 is 11.6. The first kappa shape index (κ1) is 16.6. The largest absolute Gasteiger partial charge is 0.382 e. The molecule has 5 heteroatoms. The Kier molecular flexibility index (Phi) is 7.11. The van der Waals surface area contributed by atoms with Crippen LogP contribution < -0.4 is 11.3 Å². The van der Waals surface area contributed by atoms with E-state index < -0.39 is 0 Å². The monoisotopic (exact) mass is 302 g/mol. The molecule has 1 spiro atoms. The van der Waals surface area contributed by atoms with E-state index in [0.29, 0.717) is 12.0 Å². The van der Waals surface area contributed by atoms with E-state index >= 15 is 0 Å². The molecule has 0 saturated carbocycles. The molecule has 2 rings (SSSR count). The first-order chi connectivity index (χ1) is 9.79. The lowest BCUT2D eigenvalue weighted by Crippen LogP contribution is -2.50. The zero-order chi connectivity index (χ0) is 14.3. The van der Waals surface area contributed by atoms with Gasteiger partial charge in [0.15, 0.2) is 0 Å². The lowest BCUT2D eigenvalue weighted by Gasteiger charge is -2.45. The van der Waals surface area contributed by atoms with Crippen molar-refractivity contribution in [3.05, 3.63) is 0 Å². The van der Waals surface area contributed by atoms with Crippen molar-refractivity contribution in [2.24, 2.45) is 11.8 Å². The Morgan fingerprint density at radius 3 is 2.95 bits per heavy atom. The van der Waals surface area contributed by atoms with Gasteiger partial charge in [-0.15, -0.1) is 0 Å². The lowest BCUT2D eigenvalue weighted by atomic mass is 9.78. The predicted octanol–water partition coefficient (Wildman–Crippen LogP) is 2.33. The Balaban J connectivity index is 1.82. The summed E-state index contributed by atoms with van der Waals surface area (Å²) in [5.74, 6) is 8.95. The van der Waals surface area contributed by atoms with Crippen LogP contribution in [-0.4, -0.2) is 43.0 Å². The summed E-state index contributed by atoms with van der Waals surface area (Å²) in [5, 5.41) is 0. The summed E-state index contributed by atoms with van der Waals surface area (Å²) in [4.78, 5) is 0. The molecule has 0 aromatic rings. The number of nitrogens with two attached hydrogens (primary N) is 1. The molecule has 0 bridgehead atoms. The minimum Gasteiger partial charge on any atom is -0.382 e. The minimum atomic E-state index is 0.156. The zero-order valence-electron chi connectivity index (χ0n) is 12.7. The molecule has 0 aromatic heterocycles. The number of nitrogens with one attached hydrogen (secondary N) is 1. The summed E-state index contributed by atoms with van der Waals surface area (Å²) >= 11 is 2.06. The smallest absolute Gasteiger partial charge is 0.0701 e. The van der Waals surface area contributed by atoms with Gasteiger partial charge in [0.05, 0.1) is 5.60 Å². The molecule has 2 saturated heterocycles. The van der Waals surface area contributed by atoms with Crippen molar-refractivity contribution in [3.8, 4) is 0 Å². The molecule has 118 valence electrons. The predicted molar refractivity (Wildman–Crippen MR) is 84.8 cm³/mol. The highest BCUT2D eigenvalue weighted by atomic mass is 32.2. The fourth-order valence-electron chi connectivity index (χ4n) is 3.51. The van der Waals surface area contributed by atoms with Crippen LogP contribution in [0.4, 0.5) is 0 Å². The van der Waals surface area contributed by atoms with E-state index in [0.717, 1.165) is 39.1 Å². The molecule has 2 aliphatic heterocycles. The third-order valence-corrected chi connectivity index (χ3v) is 5.71. The third kappa shape index (κ3) is 4.60. The molecular formula is C15H30N2O2S. The first-order valence-corrected chi connectivity index (χ1v) is 9.21. The summed E-state index contributed by atoms with van der Waals surface area (Å²) in [7, 11) is 0. The van der Waals surface area contributed by atoms with E-state index in [4.69, 9.17) is 15.3 Å². The van der Waals surface area contributed by atoms with Gasteiger partial charge in [0, 0.05) is 25.9 Å². The molecule has 0 amide bonds. The van der Waals surface area contributed by atoms with Gasteiger partial charge in [0.2, 0.25) is 0 Å². The van der Waals surface area contributed by atoms with Gasteiger partial charge in [-0.3, -0.25) is 11.3 Å². The molecule has 2 fully saturated rings. The topological polar surface area (TPSA) is 56.5 Å². The molecule has 2 heterocycles. The summed E-state index contributed by atoms with van der Waals surface area (Å²) in [5.41, 5.74) is 3.21. The van der Waals surface area contributed by atoms with Crippen LogP contribution in [0.15, 0.2) is 0 Å². The average molecular weight is 302 g/mol. The quantitative estimate of drug-likeness (QED) is 0.429. The van der Waals surface area contributed by atoms with E-state index in [9.17, 15) is 0 Å². The SMILES string of the molecule is CCOCCCC(NN)C1CCOC2(CCSCC2)C1. The molecule has 0 aromatic carbocycles. The Hall–Kier alpha value is 0.190. The van der Waals surface area contributed by atoms with Gasteiger partial charge in [-0.25, -0.2) is 0 Å². The van der Waals surface area contributed by atoms with Gasteiger partial charge in [0.1, 0.15) is 0 Å². The molecule has 2 atom stereocenters. The fraction of sp³-hybridized carbons (Fsp3) is 1.00. The summed E-state index contributed by atoms with van der Waals surface area (Å²) in [6.45, 7) is 4.60. The molecule has 2 unspecified atom stereocenters. The van der Waals surface area contributed by atoms with Gasteiger partial charge >= 0.3 is 0 Å². The van der Waals surface area contributed by atoms with Crippen molar-refractivity contribution in [3.63, 3.8) is 0 Å². The highest BCUT2D eigenvalue weighted by Crippen LogP contribution is 2.41. The van der Waals surface area contributed by atoms with Crippen LogP contribution in [-0.2, 0) is 9.47 Å². The van der Waals surface area contributed by atoms with Gasteiger partial charge in [0.25, 0.3) is 0 Å². The van der Waals surface area contributed by atoms with E-state index in [1.807, 2.05) is 6.92 Å². The van der Waals surface area contributed by atoms with E-state index in [1.165, 1.54) is 30.8 Å². The van der Waals surface area contributed by atoms with Gasteiger partial charge in [-0.1, -0.05) is 0 Å². The Morgan fingerprint density at radius 1 is 1.45 bits per heavy atom. The molecule has 3 N–H and O–H groups in total. The maximum absolute atomic E-state index is 6.17. The van der Waals surface area contributed by atoms with Crippen LogP contribution in [0.1, 0.15) is 45.4 Å². The van der Waals surface area contributed by atoms with Crippen LogP contribution in [0.2, 0.25) is 0 Å². The molecular weight excluding hydrogens is 272 g/mol. The molecule has 2 aliphatic rings. The van der Waals surface area contributed by atoms with E-state index in [2.05, 4.69) is 17.2 Å². The summed E-state index contributed by atoms with van der Waals surface area (Å²) in [6, 6.07) is 0.408. The summed E-state index contributed by atoms with van der Waals surface area (Å²) in [6.07, 6.45) is 6.93. The highest BCUT2D eigenvalue weighted by molar-refractivity contribution is 7.99. The lowest BCUT2D eigenvalue weighted by molar-refractivity contribution is -0.107. The third-order valence-electron chi connectivity index (χ3n) is 4.73. The normalized spacial score (nSPS) is 27.6. The van der Waals surface area contributed by atoms with Crippen LogP contribution in [0, 0.1) is 5.92 Å².